The Labute approximate surface area is 120 Å². The number of likely N-dealkylation sites (N-methyl/N-ethyl adjacent to an activating group) is 1. The predicted molar refractivity (Wildman–Crippen MR) is 76.6 cm³/mol. The van der Waals surface area contributed by atoms with E-state index in [4.69, 9.17) is 0 Å². The summed E-state index contributed by atoms with van der Waals surface area (Å²) in [7, 11) is -1.81. The average molecular weight is 300 g/mol. The van der Waals surface area contributed by atoms with Gasteiger partial charge in [0.2, 0.25) is 10.0 Å². The van der Waals surface area contributed by atoms with Crippen LogP contribution in [0.25, 0.3) is 0 Å². The van der Waals surface area contributed by atoms with Gasteiger partial charge in [-0.15, -0.1) is 0 Å². The lowest BCUT2D eigenvalue weighted by Gasteiger charge is -2.42. The van der Waals surface area contributed by atoms with Crippen LogP contribution < -0.4 is 0 Å². The molecule has 0 radical (unpaired) electrons. The second kappa shape index (κ2) is 5.42. The van der Waals surface area contributed by atoms with Crippen molar-refractivity contribution in [3.63, 3.8) is 0 Å². The molecule has 1 saturated heterocycles. The molecule has 0 N–H and O–H groups in total. The molecule has 0 amide bonds. The van der Waals surface area contributed by atoms with Crippen LogP contribution in [0.1, 0.15) is 19.4 Å². The Balaban J connectivity index is 2.40. The Morgan fingerprint density at radius 2 is 1.85 bits per heavy atom. The fourth-order valence-electron chi connectivity index (χ4n) is 2.55. The Morgan fingerprint density at radius 1 is 1.20 bits per heavy atom. The quantitative estimate of drug-likeness (QED) is 0.837. The Kier molecular flexibility index (Phi) is 4.18. The number of piperazine rings is 1. The summed E-state index contributed by atoms with van der Waals surface area (Å²) in [4.78, 5) is 1.88. The third-order valence-corrected chi connectivity index (χ3v) is 6.21. The van der Waals surface area contributed by atoms with Crippen molar-refractivity contribution in [2.24, 2.45) is 0 Å². The van der Waals surface area contributed by atoms with Gasteiger partial charge in [-0.25, -0.2) is 12.8 Å². The molecule has 1 aromatic rings. The SMILES string of the molecule is Cc1ccc(S(=O)(=O)N2CCN(C)[C@H](C)[C@@H]2C)c(F)c1. The summed E-state index contributed by atoms with van der Waals surface area (Å²) in [6.45, 7) is 6.62. The van der Waals surface area contributed by atoms with Gasteiger partial charge in [-0.2, -0.15) is 4.31 Å². The first-order valence-corrected chi connectivity index (χ1v) is 8.17. The van der Waals surface area contributed by atoms with Crippen LogP contribution in [0.5, 0.6) is 0 Å². The standard InChI is InChI=1S/C14H21FN2O2S/c1-10-5-6-14(13(15)9-10)20(18,19)17-8-7-16(4)11(2)12(17)3/h5-6,9,11-12H,7-8H2,1-4H3/t11-,12+/m1/s1. The highest BCUT2D eigenvalue weighted by molar-refractivity contribution is 7.89. The molecular weight excluding hydrogens is 279 g/mol. The summed E-state index contributed by atoms with van der Waals surface area (Å²) in [5.41, 5.74) is 0.709. The number of sulfonamides is 1. The Hall–Kier alpha value is -0.980. The maximum atomic E-state index is 14.0. The number of benzene rings is 1. The van der Waals surface area contributed by atoms with Crippen molar-refractivity contribution >= 4 is 10.0 Å². The fourth-order valence-corrected chi connectivity index (χ4v) is 4.29. The summed E-state index contributed by atoms with van der Waals surface area (Å²) in [6, 6.07) is 4.17. The minimum atomic E-state index is -3.78. The highest BCUT2D eigenvalue weighted by Crippen LogP contribution is 2.26. The zero-order valence-electron chi connectivity index (χ0n) is 12.3. The van der Waals surface area contributed by atoms with Crippen LogP contribution >= 0.6 is 0 Å². The molecule has 1 aromatic carbocycles. The van der Waals surface area contributed by atoms with Crippen molar-refractivity contribution in [1.29, 1.82) is 0 Å². The Morgan fingerprint density at radius 3 is 2.45 bits per heavy atom. The van der Waals surface area contributed by atoms with Crippen LogP contribution in [-0.4, -0.2) is 49.8 Å². The number of rotatable bonds is 2. The van der Waals surface area contributed by atoms with E-state index in [0.29, 0.717) is 18.7 Å². The highest BCUT2D eigenvalue weighted by atomic mass is 32.2. The normalized spacial score (nSPS) is 25.9. The van der Waals surface area contributed by atoms with Gasteiger partial charge >= 0.3 is 0 Å². The van der Waals surface area contributed by atoms with Crippen molar-refractivity contribution in [2.75, 3.05) is 20.1 Å². The van der Waals surface area contributed by atoms with Gasteiger partial charge in [-0.3, -0.25) is 0 Å². The van der Waals surface area contributed by atoms with Crippen LogP contribution in [-0.2, 0) is 10.0 Å². The van der Waals surface area contributed by atoms with Crippen molar-refractivity contribution in [1.82, 2.24) is 9.21 Å². The van der Waals surface area contributed by atoms with Crippen molar-refractivity contribution in [2.45, 2.75) is 37.8 Å². The van der Waals surface area contributed by atoms with E-state index in [1.165, 1.54) is 16.4 Å². The number of nitrogens with zero attached hydrogens (tertiary/aromatic N) is 2. The number of hydrogen-bond acceptors (Lipinski definition) is 3. The number of hydrogen-bond donors (Lipinski definition) is 0. The van der Waals surface area contributed by atoms with E-state index >= 15 is 0 Å². The molecule has 1 aliphatic heterocycles. The van der Waals surface area contributed by atoms with E-state index in [9.17, 15) is 12.8 Å². The van der Waals surface area contributed by atoms with E-state index in [0.717, 1.165) is 0 Å². The van der Waals surface area contributed by atoms with E-state index < -0.39 is 15.8 Å². The van der Waals surface area contributed by atoms with Crippen molar-refractivity contribution in [3.05, 3.63) is 29.6 Å². The predicted octanol–water partition coefficient (Wildman–Crippen LogP) is 1.85. The first kappa shape index (κ1) is 15.4. The summed E-state index contributed by atoms with van der Waals surface area (Å²) in [5, 5.41) is 0. The summed E-state index contributed by atoms with van der Waals surface area (Å²) in [5.74, 6) is -0.677. The molecule has 1 heterocycles. The molecule has 1 fully saturated rings. The second-order valence-electron chi connectivity index (χ2n) is 5.51. The van der Waals surface area contributed by atoms with E-state index in [2.05, 4.69) is 4.90 Å². The van der Waals surface area contributed by atoms with Gasteiger partial charge in [0.25, 0.3) is 0 Å². The summed E-state index contributed by atoms with van der Waals surface area (Å²) >= 11 is 0. The van der Waals surface area contributed by atoms with E-state index in [1.807, 2.05) is 20.9 Å². The highest BCUT2D eigenvalue weighted by Gasteiger charge is 2.37. The minimum Gasteiger partial charge on any atom is -0.301 e. The van der Waals surface area contributed by atoms with Crippen LogP contribution in [0.3, 0.4) is 0 Å². The molecule has 2 rings (SSSR count). The zero-order chi connectivity index (χ0) is 15.1. The molecule has 0 aromatic heterocycles. The third-order valence-electron chi connectivity index (χ3n) is 4.19. The molecule has 4 nitrogen and oxygen atoms in total. The molecule has 6 heteroatoms. The van der Waals surface area contributed by atoms with Gasteiger partial charge in [-0.1, -0.05) is 6.07 Å². The molecule has 0 unspecified atom stereocenters. The average Bonchev–Trinajstić information content (AvgIpc) is 2.35. The molecule has 2 atom stereocenters. The lowest BCUT2D eigenvalue weighted by atomic mass is 10.1. The molecule has 0 aliphatic carbocycles. The smallest absolute Gasteiger partial charge is 0.246 e. The fraction of sp³-hybridized carbons (Fsp3) is 0.571. The van der Waals surface area contributed by atoms with Gasteiger partial charge in [0, 0.05) is 25.2 Å². The van der Waals surface area contributed by atoms with Crippen molar-refractivity contribution < 1.29 is 12.8 Å². The van der Waals surface area contributed by atoms with E-state index in [1.54, 1.807) is 13.0 Å². The first-order valence-electron chi connectivity index (χ1n) is 6.73. The maximum Gasteiger partial charge on any atom is 0.246 e. The summed E-state index contributed by atoms with van der Waals surface area (Å²) in [6.07, 6.45) is 0. The lowest BCUT2D eigenvalue weighted by Crippen LogP contribution is -2.57. The zero-order valence-corrected chi connectivity index (χ0v) is 13.1. The van der Waals surface area contributed by atoms with E-state index in [-0.39, 0.29) is 17.0 Å². The van der Waals surface area contributed by atoms with Crippen LogP contribution in [0.2, 0.25) is 0 Å². The second-order valence-corrected chi connectivity index (χ2v) is 7.37. The maximum absolute atomic E-state index is 14.0. The van der Waals surface area contributed by atoms with Crippen LogP contribution in [0, 0.1) is 12.7 Å². The minimum absolute atomic E-state index is 0.104. The molecule has 20 heavy (non-hydrogen) atoms. The molecule has 1 aliphatic rings. The van der Waals surface area contributed by atoms with Crippen LogP contribution in [0.4, 0.5) is 4.39 Å². The largest absolute Gasteiger partial charge is 0.301 e. The van der Waals surface area contributed by atoms with Gasteiger partial charge in [0.1, 0.15) is 10.7 Å². The van der Waals surface area contributed by atoms with Crippen molar-refractivity contribution in [3.8, 4) is 0 Å². The molecular formula is C14H21FN2O2S. The molecule has 112 valence electrons. The summed E-state index contributed by atoms with van der Waals surface area (Å²) < 4.78 is 40.7. The van der Waals surface area contributed by atoms with Crippen LogP contribution in [0.15, 0.2) is 23.1 Å². The molecule has 0 bridgehead atoms. The monoisotopic (exact) mass is 300 g/mol. The third kappa shape index (κ3) is 2.60. The van der Waals surface area contributed by atoms with Gasteiger partial charge in [-0.05, 0) is 45.5 Å². The number of aryl methyl sites for hydroxylation is 1. The van der Waals surface area contributed by atoms with Gasteiger partial charge in [0.15, 0.2) is 0 Å². The lowest BCUT2D eigenvalue weighted by molar-refractivity contribution is 0.109. The number of halogens is 1. The molecule has 0 spiro atoms. The topological polar surface area (TPSA) is 40.6 Å². The molecule has 0 saturated carbocycles. The van der Waals surface area contributed by atoms with Gasteiger partial charge in [0.05, 0.1) is 0 Å². The van der Waals surface area contributed by atoms with Gasteiger partial charge < -0.3 is 4.90 Å². The Bertz CT molecular complexity index is 603. The first-order chi connectivity index (χ1) is 9.25.